The maximum absolute atomic E-state index is 8.68. The topological polar surface area (TPSA) is 84.6 Å². The fourth-order valence-electron chi connectivity index (χ4n) is 1.79. The van der Waals surface area contributed by atoms with Crippen LogP contribution in [0.25, 0.3) is 11.1 Å². The number of nitrogens with two attached hydrogens (primary N) is 1. The summed E-state index contributed by atoms with van der Waals surface area (Å²) in [5, 5.41) is 12.2. The molecule has 3 aromatic rings. The van der Waals surface area contributed by atoms with Crippen LogP contribution < -0.4 is 5.73 Å². The molecule has 5 nitrogen and oxygen atoms in total. The second-order valence-corrected chi connectivity index (χ2v) is 6.03. The molecule has 0 radical (unpaired) electrons. The lowest BCUT2D eigenvalue weighted by molar-refractivity contribution is 0.318. The number of hydrogen-bond donors (Lipinski definition) is 2. The Morgan fingerprint density at radius 3 is 2.81 bits per heavy atom. The Morgan fingerprint density at radius 2 is 2.10 bits per heavy atom. The predicted octanol–water partition coefficient (Wildman–Crippen LogP) is 3.84. The number of benzene rings is 2. The summed E-state index contributed by atoms with van der Waals surface area (Å²) in [6.07, 6.45) is 0. The van der Waals surface area contributed by atoms with Crippen molar-refractivity contribution in [1.82, 2.24) is 4.98 Å². The lowest BCUT2D eigenvalue weighted by atomic mass is 10.2. The molecular formula is C14H10BrN3O2S. The third kappa shape index (κ3) is 2.88. The molecule has 0 atom stereocenters. The Kier molecular flexibility index (Phi) is 3.85. The maximum atomic E-state index is 8.68. The lowest BCUT2D eigenvalue weighted by Crippen LogP contribution is -2.12. The van der Waals surface area contributed by atoms with Crippen LogP contribution >= 0.6 is 27.7 Å². The van der Waals surface area contributed by atoms with E-state index < -0.39 is 0 Å². The van der Waals surface area contributed by atoms with E-state index in [1.54, 1.807) is 12.1 Å². The van der Waals surface area contributed by atoms with Gasteiger partial charge in [0, 0.05) is 14.9 Å². The zero-order valence-corrected chi connectivity index (χ0v) is 13.1. The molecule has 0 saturated heterocycles. The van der Waals surface area contributed by atoms with Crippen molar-refractivity contribution in [2.24, 2.45) is 10.9 Å². The molecule has 0 aliphatic carbocycles. The van der Waals surface area contributed by atoms with E-state index in [4.69, 9.17) is 15.4 Å². The number of nitrogens with zero attached hydrogens (tertiary/aromatic N) is 2. The average molecular weight is 364 g/mol. The van der Waals surface area contributed by atoms with Gasteiger partial charge in [0.25, 0.3) is 5.22 Å². The smallest absolute Gasteiger partial charge is 0.261 e. The van der Waals surface area contributed by atoms with Crippen LogP contribution in [-0.2, 0) is 0 Å². The summed E-state index contributed by atoms with van der Waals surface area (Å²) < 4.78 is 6.49. The number of hydrogen-bond acceptors (Lipinski definition) is 5. The number of oxazole rings is 1. The summed E-state index contributed by atoms with van der Waals surface area (Å²) in [6, 6.07) is 13.0. The van der Waals surface area contributed by atoms with Crippen molar-refractivity contribution < 1.29 is 9.62 Å². The van der Waals surface area contributed by atoms with Crippen molar-refractivity contribution >= 4 is 44.6 Å². The van der Waals surface area contributed by atoms with Gasteiger partial charge in [0.2, 0.25) is 0 Å². The van der Waals surface area contributed by atoms with Gasteiger partial charge in [-0.15, -0.1) is 0 Å². The number of rotatable bonds is 3. The summed E-state index contributed by atoms with van der Waals surface area (Å²) >= 11 is 4.86. The van der Waals surface area contributed by atoms with Gasteiger partial charge in [0.1, 0.15) is 5.52 Å². The number of fused-ring (bicyclic) bond motifs is 1. The van der Waals surface area contributed by atoms with E-state index in [0.717, 1.165) is 20.5 Å². The highest BCUT2D eigenvalue weighted by Crippen LogP contribution is 2.35. The fraction of sp³-hybridized carbons (Fsp3) is 0. The molecule has 1 aromatic heterocycles. The van der Waals surface area contributed by atoms with Crippen LogP contribution in [0.1, 0.15) is 5.56 Å². The molecule has 2 aromatic carbocycles. The first kappa shape index (κ1) is 14.0. The highest BCUT2D eigenvalue weighted by molar-refractivity contribution is 9.10. The molecular weight excluding hydrogens is 354 g/mol. The van der Waals surface area contributed by atoms with Crippen LogP contribution in [0.15, 0.2) is 66.6 Å². The highest BCUT2D eigenvalue weighted by atomic mass is 79.9. The minimum absolute atomic E-state index is 0.0640. The van der Waals surface area contributed by atoms with Gasteiger partial charge in [-0.25, -0.2) is 4.98 Å². The van der Waals surface area contributed by atoms with E-state index in [1.807, 2.05) is 30.3 Å². The Labute approximate surface area is 133 Å². The van der Waals surface area contributed by atoms with Crippen LogP contribution in [-0.4, -0.2) is 16.0 Å². The van der Waals surface area contributed by atoms with Crippen LogP contribution in [0.4, 0.5) is 0 Å². The summed E-state index contributed by atoms with van der Waals surface area (Å²) in [5.74, 6) is 0.0640. The summed E-state index contributed by atoms with van der Waals surface area (Å²) in [4.78, 5) is 5.34. The van der Waals surface area contributed by atoms with Crippen molar-refractivity contribution in [1.29, 1.82) is 0 Å². The van der Waals surface area contributed by atoms with E-state index in [1.165, 1.54) is 11.8 Å². The van der Waals surface area contributed by atoms with E-state index in [9.17, 15) is 0 Å². The highest BCUT2D eigenvalue weighted by Gasteiger charge is 2.11. The van der Waals surface area contributed by atoms with E-state index >= 15 is 0 Å². The molecule has 106 valence electrons. The molecule has 0 aliphatic rings. The van der Waals surface area contributed by atoms with Gasteiger partial charge >= 0.3 is 0 Å². The van der Waals surface area contributed by atoms with Crippen molar-refractivity contribution in [3.63, 3.8) is 0 Å². The first-order valence-corrected chi connectivity index (χ1v) is 7.59. The number of halogens is 1. The molecule has 0 bridgehead atoms. The minimum atomic E-state index is 0.0640. The molecule has 0 fully saturated rings. The first-order chi connectivity index (χ1) is 10.2. The monoisotopic (exact) mass is 363 g/mol. The van der Waals surface area contributed by atoms with E-state index in [0.29, 0.717) is 10.8 Å². The molecule has 0 saturated carbocycles. The van der Waals surface area contributed by atoms with Crippen molar-refractivity contribution in [3.8, 4) is 0 Å². The average Bonchev–Trinajstić information content (AvgIpc) is 2.90. The molecule has 0 spiro atoms. The SMILES string of the molecule is N/C(=N/O)c1ccc(Sc2nc3ccccc3o2)c(Br)c1. The lowest BCUT2D eigenvalue weighted by Gasteiger charge is -2.04. The normalized spacial score (nSPS) is 12.0. The van der Waals surface area contributed by atoms with Gasteiger partial charge in [-0.05, 0) is 58.0 Å². The third-order valence-corrected chi connectivity index (χ3v) is 4.65. The van der Waals surface area contributed by atoms with Crippen molar-refractivity contribution in [2.75, 3.05) is 0 Å². The van der Waals surface area contributed by atoms with Crippen LogP contribution in [0, 0.1) is 0 Å². The summed E-state index contributed by atoms with van der Waals surface area (Å²) in [5.41, 5.74) is 7.77. The number of aromatic nitrogens is 1. The fourth-order valence-corrected chi connectivity index (χ4v) is 3.17. The Morgan fingerprint density at radius 1 is 1.29 bits per heavy atom. The minimum Gasteiger partial charge on any atom is -0.431 e. The summed E-state index contributed by atoms with van der Waals surface area (Å²) in [7, 11) is 0. The quantitative estimate of drug-likeness (QED) is 0.319. The van der Waals surface area contributed by atoms with Gasteiger partial charge in [0.05, 0.1) is 0 Å². The van der Waals surface area contributed by atoms with Gasteiger partial charge in [-0.2, -0.15) is 0 Å². The zero-order chi connectivity index (χ0) is 14.8. The first-order valence-electron chi connectivity index (χ1n) is 5.98. The van der Waals surface area contributed by atoms with Crippen molar-refractivity contribution in [3.05, 3.63) is 52.5 Å². The maximum Gasteiger partial charge on any atom is 0.261 e. The predicted molar refractivity (Wildman–Crippen MR) is 84.8 cm³/mol. The van der Waals surface area contributed by atoms with E-state index in [2.05, 4.69) is 26.1 Å². The standard InChI is InChI=1S/C14H10BrN3O2S/c15-9-7-8(13(16)18-19)5-6-12(9)21-14-17-10-3-1-2-4-11(10)20-14/h1-7,19H,(H2,16,18). The number of para-hydroxylation sites is 2. The molecule has 21 heavy (non-hydrogen) atoms. The third-order valence-electron chi connectivity index (χ3n) is 2.81. The Bertz CT molecular complexity index is 799. The Balaban J connectivity index is 1.91. The van der Waals surface area contributed by atoms with Gasteiger partial charge < -0.3 is 15.4 Å². The Hall–Kier alpha value is -1.99. The number of amidine groups is 1. The molecule has 0 aliphatic heterocycles. The van der Waals surface area contributed by atoms with Gasteiger partial charge in [0.15, 0.2) is 11.4 Å². The van der Waals surface area contributed by atoms with Crippen LogP contribution in [0.2, 0.25) is 0 Å². The van der Waals surface area contributed by atoms with E-state index in [-0.39, 0.29) is 5.84 Å². The zero-order valence-electron chi connectivity index (χ0n) is 10.7. The molecule has 1 heterocycles. The number of oxime groups is 1. The second-order valence-electron chi connectivity index (χ2n) is 4.18. The molecule has 3 rings (SSSR count). The van der Waals surface area contributed by atoms with Gasteiger partial charge in [-0.3, -0.25) is 0 Å². The van der Waals surface area contributed by atoms with Gasteiger partial charge in [-0.1, -0.05) is 17.3 Å². The van der Waals surface area contributed by atoms with Crippen LogP contribution in [0.3, 0.4) is 0 Å². The van der Waals surface area contributed by atoms with Crippen molar-refractivity contribution in [2.45, 2.75) is 10.1 Å². The summed E-state index contributed by atoms with van der Waals surface area (Å²) in [6.45, 7) is 0. The second kappa shape index (κ2) is 5.79. The molecule has 3 N–H and O–H groups in total. The largest absolute Gasteiger partial charge is 0.431 e. The molecule has 0 unspecified atom stereocenters. The van der Waals surface area contributed by atoms with Crippen LogP contribution in [0.5, 0.6) is 0 Å². The molecule has 7 heteroatoms. The molecule has 0 amide bonds.